The van der Waals surface area contributed by atoms with Gasteiger partial charge in [-0.3, -0.25) is 0 Å². The van der Waals surface area contributed by atoms with Crippen molar-refractivity contribution in [1.29, 1.82) is 0 Å². The second-order valence-corrected chi connectivity index (χ2v) is 6.29. The zero-order valence-electron chi connectivity index (χ0n) is 10.8. The minimum atomic E-state index is -0.352. The number of nitrogens with one attached hydrogen (secondary N) is 1. The molecule has 0 fully saturated rings. The van der Waals surface area contributed by atoms with Crippen LogP contribution >= 0.6 is 31.9 Å². The van der Waals surface area contributed by atoms with Crippen molar-refractivity contribution in [3.63, 3.8) is 0 Å². The molecule has 0 spiro atoms. The monoisotopic (exact) mass is 379 g/mol. The van der Waals surface area contributed by atoms with Crippen LogP contribution in [0.5, 0.6) is 5.75 Å². The number of hydrogen-bond donors (Lipinski definition) is 2. The van der Waals surface area contributed by atoms with Crippen LogP contribution in [0.2, 0.25) is 0 Å². The highest BCUT2D eigenvalue weighted by atomic mass is 79.9. The minimum absolute atomic E-state index is 0.123. The predicted molar refractivity (Wildman–Crippen MR) is 81.0 cm³/mol. The molecule has 3 nitrogen and oxygen atoms in total. The number of aliphatic hydroxyl groups is 1. The molecule has 1 atom stereocenters. The third-order valence-corrected chi connectivity index (χ3v) is 3.24. The van der Waals surface area contributed by atoms with E-state index in [1.165, 1.54) is 0 Å². The fourth-order valence-corrected chi connectivity index (χ4v) is 2.94. The van der Waals surface area contributed by atoms with Gasteiger partial charge >= 0.3 is 0 Å². The van der Waals surface area contributed by atoms with Crippen LogP contribution in [0.4, 0.5) is 0 Å². The van der Waals surface area contributed by atoms with E-state index in [1.54, 1.807) is 6.92 Å². The summed E-state index contributed by atoms with van der Waals surface area (Å²) in [6, 6.07) is 3.99. The van der Waals surface area contributed by atoms with E-state index in [-0.39, 0.29) is 12.2 Å². The van der Waals surface area contributed by atoms with Crippen LogP contribution in [0.25, 0.3) is 0 Å². The Hall–Kier alpha value is -0.100. The molecule has 1 rings (SSSR count). The van der Waals surface area contributed by atoms with Gasteiger partial charge in [-0.15, -0.1) is 0 Å². The highest BCUT2D eigenvalue weighted by molar-refractivity contribution is 9.11. The van der Waals surface area contributed by atoms with Crippen molar-refractivity contribution in [2.45, 2.75) is 39.5 Å². The molecule has 18 heavy (non-hydrogen) atoms. The molecule has 1 aromatic rings. The van der Waals surface area contributed by atoms with Gasteiger partial charge in [0, 0.05) is 23.1 Å². The summed E-state index contributed by atoms with van der Waals surface area (Å²) >= 11 is 6.99. The van der Waals surface area contributed by atoms with Gasteiger partial charge in [-0.2, -0.15) is 0 Å². The summed E-state index contributed by atoms with van der Waals surface area (Å²) in [7, 11) is 0. The second kappa shape index (κ2) is 7.48. The summed E-state index contributed by atoms with van der Waals surface area (Å²) in [5, 5.41) is 12.4. The van der Waals surface area contributed by atoms with Crippen molar-refractivity contribution >= 4 is 31.9 Å². The highest BCUT2D eigenvalue weighted by Gasteiger charge is 2.11. The molecule has 5 heteroatoms. The maximum absolute atomic E-state index is 9.24. The fourth-order valence-electron chi connectivity index (χ4n) is 1.53. The molecular formula is C13H19Br2NO2. The third kappa shape index (κ3) is 5.26. The summed E-state index contributed by atoms with van der Waals surface area (Å²) in [5.74, 6) is 0.853. The molecule has 0 saturated carbocycles. The molecular weight excluding hydrogens is 362 g/mol. The summed E-state index contributed by atoms with van der Waals surface area (Å²) in [5.41, 5.74) is 1.06. The third-order valence-electron chi connectivity index (χ3n) is 2.19. The van der Waals surface area contributed by atoms with Crippen LogP contribution in [-0.2, 0) is 6.54 Å². The van der Waals surface area contributed by atoms with Crippen LogP contribution in [0.1, 0.15) is 26.3 Å². The topological polar surface area (TPSA) is 41.5 Å². The average molecular weight is 381 g/mol. The molecule has 102 valence electrons. The van der Waals surface area contributed by atoms with E-state index in [0.717, 1.165) is 20.3 Å². The zero-order chi connectivity index (χ0) is 13.7. The van der Waals surface area contributed by atoms with Gasteiger partial charge in [0.25, 0.3) is 0 Å². The lowest BCUT2D eigenvalue weighted by Crippen LogP contribution is -2.24. The van der Waals surface area contributed by atoms with Crippen LogP contribution in [0, 0.1) is 0 Å². The molecule has 0 aliphatic carbocycles. The van der Waals surface area contributed by atoms with Gasteiger partial charge in [0.2, 0.25) is 0 Å². The first-order valence-electron chi connectivity index (χ1n) is 5.93. The lowest BCUT2D eigenvalue weighted by atomic mass is 10.2. The molecule has 0 saturated heterocycles. The van der Waals surface area contributed by atoms with E-state index in [9.17, 15) is 5.11 Å². The SMILES string of the molecule is CC(C)Oc1c(Br)cc(Br)cc1CNC[C@@H](C)O. The van der Waals surface area contributed by atoms with E-state index in [2.05, 4.69) is 37.2 Å². The Morgan fingerprint density at radius 2 is 1.94 bits per heavy atom. The normalized spacial score (nSPS) is 12.8. The first kappa shape index (κ1) is 16.0. The minimum Gasteiger partial charge on any atom is -0.489 e. The highest BCUT2D eigenvalue weighted by Crippen LogP contribution is 2.33. The molecule has 0 aromatic heterocycles. The van der Waals surface area contributed by atoms with Crippen LogP contribution in [-0.4, -0.2) is 23.9 Å². The van der Waals surface area contributed by atoms with Crippen LogP contribution in [0.3, 0.4) is 0 Å². The smallest absolute Gasteiger partial charge is 0.138 e. The summed E-state index contributed by atoms with van der Waals surface area (Å²) in [6.45, 7) is 6.98. The first-order valence-corrected chi connectivity index (χ1v) is 7.52. The van der Waals surface area contributed by atoms with Crippen molar-refractivity contribution in [2.24, 2.45) is 0 Å². The van der Waals surface area contributed by atoms with Gasteiger partial charge in [0.15, 0.2) is 0 Å². The fraction of sp³-hybridized carbons (Fsp3) is 0.538. The maximum atomic E-state index is 9.24. The van der Waals surface area contributed by atoms with Gasteiger partial charge in [-0.05, 0) is 48.8 Å². The number of hydrogen-bond acceptors (Lipinski definition) is 3. The van der Waals surface area contributed by atoms with Crippen molar-refractivity contribution in [3.05, 3.63) is 26.6 Å². The maximum Gasteiger partial charge on any atom is 0.138 e. The average Bonchev–Trinajstić information content (AvgIpc) is 2.22. The quantitative estimate of drug-likeness (QED) is 0.793. The number of ether oxygens (including phenoxy) is 1. The Balaban J connectivity index is 2.85. The van der Waals surface area contributed by atoms with Gasteiger partial charge in [-0.1, -0.05) is 15.9 Å². The molecule has 0 amide bonds. The van der Waals surface area contributed by atoms with E-state index in [1.807, 2.05) is 26.0 Å². The molecule has 1 aromatic carbocycles. The Morgan fingerprint density at radius 1 is 1.28 bits per heavy atom. The lowest BCUT2D eigenvalue weighted by Gasteiger charge is -2.17. The zero-order valence-corrected chi connectivity index (χ0v) is 14.0. The van der Waals surface area contributed by atoms with Crippen molar-refractivity contribution in [2.75, 3.05) is 6.54 Å². The standard InChI is InChI=1S/C13H19Br2NO2/c1-8(2)18-13-10(7-16-6-9(3)17)4-11(14)5-12(13)15/h4-5,8-9,16-17H,6-7H2,1-3H3/t9-/m1/s1. The molecule has 0 bridgehead atoms. The number of aliphatic hydroxyl groups excluding tert-OH is 1. The molecule has 0 radical (unpaired) electrons. The van der Waals surface area contributed by atoms with Gasteiger partial charge in [0.05, 0.1) is 16.7 Å². The Kier molecular flexibility index (Phi) is 6.63. The lowest BCUT2D eigenvalue weighted by molar-refractivity contribution is 0.190. The molecule has 0 heterocycles. The molecule has 2 N–H and O–H groups in total. The van der Waals surface area contributed by atoms with E-state index >= 15 is 0 Å². The number of halogens is 2. The van der Waals surface area contributed by atoms with Gasteiger partial charge in [0.1, 0.15) is 5.75 Å². The van der Waals surface area contributed by atoms with Crippen LogP contribution in [0.15, 0.2) is 21.1 Å². The molecule has 0 aliphatic heterocycles. The van der Waals surface area contributed by atoms with Crippen LogP contribution < -0.4 is 10.1 Å². The second-order valence-electron chi connectivity index (χ2n) is 4.52. The van der Waals surface area contributed by atoms with Gasteiger partial charge in [-0.25, -0.2) is 0 Å². The first-order chi connectivity index (χ1) is 8.40. The Bertz CT molecular complexity index is 395. The van der Waals surface area contributed by atoms with Crippen molar-refractivity contribution < 1.29 is 9.84 Å². The van der Waals surface area contributed by atoms with Gasteiger partial charge < -0.3 is 15.2 Å². The number of benzene rings is 1. The van der Waals surface area contributed by atoms with Crippen molar-refractivity contribution in [1.82, 2.24) is 5.32 Å². The summed E-state index contributed by atoms with van der Waals surface area (Å²) < 4.78 is 7.75. The van der Waals surface area contributed by atoms with Crippen molar-refractivity contribution in [3.8, 4) is 5.75 Å². The summed E-state index contributed by atoms with van der Waals surface area (Å²) in [4.78, 5) is 0. The summed E-state index contributed by atoms with van der Waals surface area (Å²) in [6.07, 6.45) is -0.229. The van der Waals surface area contributed by atoms with E-state index in [0.29, 0.717) is 13.1 Å². The predicted octanol–water partition coefficient (Wildman–Crippen LogP) is 3.47. The largest absolute Gasteiger partial charge is 0.489 e. The van der Waals surface area contributed by atoms with E-state index in [4.69, 9.17) is 4.74 Å². The number of rotatable bonds is 6. The molecule has 0 aliphatic rings. The Morgan fingerprint density at radius 3 is 2.50 bits per heavy atom. The molecule has 0 unspecified atom stereocenters. The Labute approximate surface area is 125 Å². The van der Waals surface area contributed by atoms with E-state index < -0.39 is 0 Å².